The number of hydrogen-bond donors (Lipinski definition) is 1. The van der Waals surface area contributed by atoms with Crippen molar-refractivity contribution in [3.05, 3.63) is 35.6 Å². The quantitative estimate of drug-likeness (QED) is 0.442. The first-order valence-electron chi connectivity index (χ1n) is 6.93. The smallest absolute Gasteiger partial charge is 0.346 e. The molecule has 1 heterocycles. The van der Waals surface area contributed by atoms with Crippen molar-refractivity contribution in [1.29, 1.82) is 0 Å². The van der Waals surface area contributed by atoms with E-state index in [0.29, 0.717) is 0 Å². The number of rotatable bonds is 7. The molecule has 0 saturated heterocycles. The lowest BCUT2D eigenvalue weighted by molar-refractivity contribution is -0.144. The fourth-order valence-corrected chi connectivity index (χ4v) is 2.11. The van der Waals surface area contributed by atoms with E-state index < -0.39 is 23.5 Å². The number of allylic oxidation sites excluding steroid dienone is 3. The highest BCUT2D eigenvalue weighted by Crippen LogP contribution is 2.35. The summed E-state index contributed by atoms with van der Waals surface area (Å²) in [6.45, 7) is 5.15. The van der Waals surface area contributed by atoms with Crippen LogP contribution in [0, 0.1) is 0 Å². The molecule has 0 saturated carbocycles. The molecule has 0 radical (unpaired) electrons. The normalized spacial score (nSPS) is 24.0. The highest BCUT2D eigenvalue weighted by molar-refractivity contribution is 6.19. The van der Waals surface area contributed by atoms with E-state index in [4.69, 9.17) is 9.47 Å². The van der Waals surface area contributed by atoms with Crippen molar-refractivity contribution >= 4 is 11.8 Å². The van der Waals surface area contributed by atoms with Crippen molar-refractivity contribution in [2.45, 2.75) is 45.3 Å². The second-order valence-electron chi connectivity index (χ2n) is 5.08. The van der Waals surface area contributed by atoms with E-state index in [1.165, 1.54) is 14.0 Å². The Bertz CT molecular complexity index is 499. The van der Waals surface area contributed by atoms with Crippen LogP contribution in [0.15, 0.2) is 35.6 Å². The van der Waals surface area contributed by atoms with Crippen LogP contribution < -0.4 is 0 Å². The third-order valence-corrected chi connectivity index (χ3v) is 3.05. The summed E-state index contributed by atoms with van der Waals surface area (Å²) in [5.41, 5.74) is -1.22. The minimum atomic E-state index is -1.10. The molecule has 2 unspecified atom stereocenters. The van der Waals surface area contributed by atoms with E-state index in [1.807, 2.05) is 19.1 Å². The van der Waals surface area contributed by atoms with Crippen LogP contribution in [0.1, 0.15) is 33.6 Å². The Labute approximate surface area is 124 Å². The molecule has 21 heavy (non-hydrogen) atoms. The van der Waals surface area contributed by atoms with E-state index in [0.717, 1.165) is 6.42 Å². The van der Waals surface area contributed by atoms with Crippen LogP contribution in [0.3, 0.4) is 0 Å². The Morgan fingerprint density at radius 1 is 1.48 bits per heavy atom. The maximum Gasteiger partial charge on any atom is 0.346 e. The van der Waals surface area contributed by atoms with Crippen LogP contribution in [0.4, 0.5) is 0 Å². The molecular weight excluding hydrogens is 272 g/mol. The molecule has 116 valence electrons. The Balaban J connectivity index is 3.11. The molecule has 1 aliphatic heterocycles. The van der Waals surface area contributed by atoms with Gasteiger partial charge in [-0.25, -0.2) is 4.79 Å². The van der Waals surface area contributed by atoms with Crippen LogP contribution >= 0.6 is 0 Å². The monoisotopic (exact) mass is 294 g/mol. The van der Waals surface area contributed by atoms with Gasteiger partial charge in [-0.1, -0.05) is 25.2 Å². The van der Waals surface area contributed by atoms with Gasteiger partial charge in [-0.2, -0.15) is 0 Å². The van der Waals surface area contributed by atoms with Gasteiger partial charge in [0, 0.05) is 6.42 Å². The summed E-state index contributed by atoms with van der Waals surface area (Å²) in [4.78, 5) is 24.0. The van der Waals surface area contributed by atoms with Gasteiger partial charge in [0.05, 0.1) is 13.2 Å². The standard InChI is InChI=1S/C16H22O5/c1-5-6-7-8-9-16(3)14(20-4)13(15(19)21-16)12(18)10-11(2)17/h6-9,11,17H,5,10H2,1-4H3/b7-6+,9-8+. The minimum Gasteiger partial charge on any atom is -0.495 e. The number of ketones is 1. The van der Waals surface area contributed by atoms with Crippen LogP contribution in [0.2, 0.25) is 0 Å². The maximum atomic E-state index is 12.1. The van der Waals surface area contributed by atoms with Crippen molar-refractivity contribution in [3.63, 3.8) is 0 Å². The first kappa shape index (κ1) is 17.2. The number of carbonyl (C=O) groups excluding carboxylic acids is 2. The van der Waals surface area contributed by atoms with Gasteiger partial charge in [-0.3, -0.25) is 4.79 Å². The van der Waals surface area contributed by atoms with E-state index >= 15 is 0 Å². The number of methoxy groups -OCH3 is 1. The number of cyclic esters (lactones) is 1. The lowest BCUT2D eigenvalue weighted by Crippen LogP contribution is -2.26. The average Bonchev–Trinajstić information content (AvgIpc) is 2.64. The first-order chi connectivity index (χ1) is 9.85. The van der Waals surface area contributed by atoms with Gasteiger partial charge in [0.25, 0.3) is 0 Å². The molecule has 0 fully saturated rings. The fourth-order valence-electron chi connectivity index (χ4n) is 2.11. The summed E-state index contributed by atoms with van der Waals surface area (Å²) in [5.74, 6) is -1.02. The number of hydrogen-bond acceptors (Lipinski definition) is 5. The molecule has 0 bridgehead atoms. The van der Waals surface area contributed by atoms with Gasteiger partial charge >= 0.3 is 5.97 Å². The van der Waals surface area contributed by atoms with Gasteiger partial charge < -0.3 is 14.6 Å². The highest BCUT2D eigenvalue weighted by atomic mass is 16.6. The molecule has 0 aromatic heterocycles. The minimum absolute atomic E-state index is 0.120. The SMILES string of the molecule is CC/C=C/C=C/C1(C)OC(=O)C(C(=O)CC(C)O)=C1OC. The first-order valence-corrected chi connectivity index (χ1v) is 6.93. The van der Waals surface area contributed by atoms with Crippen molar-refractivity contribution in [2.75, 3.05) is 7.11 Å². The lowest BCUT2D eigenvalue weighted by Gasteiger charge is -2.21. The average molecular weight is 294 g/mol. The largest absolute Gasteiger partial charge is 0.495 e. The number of aliphatic hydroxyl groups is 1. The molecule has 1 rings (SSSR count). The summed E-state index contributed by atoms with van der Waals surface area (Å²) in [7, 11) is 1.39. The van der Waals surface area contributed by atoms with Crippen molar-refractivity contribution in [2.24, 2.45) is 0 Å². The van der Waals surface area contributed by atoms with Crippen LogP contribution in [-0.2, 0) is 19.1 Å². The zero-order valence-corrected chi connectivity index (χ0v) is 12.9. The highest BCUT2D eigenvalue weighted by Gasteiger charge is 2.46. The molecule has 0 amide bonds. The van der Waals surface area contributed by atoms with E-state index in [-0.39, 0.29) is 17.8 Å². The second kappa shape index (κ2) is 7.22. The number of carbonyl (C=O) groups is 2. The molecule has 0 aromatic carbocycles. The summed E-state index contributed by atoms with van der Waals surface area (Å²) < 4.78 is 10.5. The second-order valence-corrected chi connectivity index (χ2v) is 5.08. The Morgan fingerprint density at radius 2 is 2.14 bits per heavy atom. The van der Waals surface area contributed by atoms with Gasteiger partial charge in [0.1, 0.15) is 5.57 Å². The van der Waals surface area contributed by atoms with Crippen molar-refractivity contribution in [1.82, 2.24) is 0 Å². The van der Waals surface area contributed by atoms with E-state index in [2.05, 4.69) is 0 Å². The number of ether oxygens (including phenoxy) is 2. The van der Waals surface area contributed by atoms with Gasteiger partial charge in [0.2, 0.25) is 0 Å². The summed E-state index contributed by atoms with van der Waals surface area (Å²) in [6, 6.07) is 0. The Hall–Kier alpha value is -1.88. The molecule has 0 spiro atoms. The van der Waals surface area contributed by atoms with Gasteiger partial charge in [-0.05, 0) is 26.3 Å². The number of esters is 1. The maximum absolute atomic E-state index is 12.1. The van der Waals surface area contributed by atoms with Crippen LogP contribution in [0.5, 0.6) is 0 Å². The molecule has 5 heteroatoms. The molecule has 1 aliphatic rings. The molecule has 2 atom stereocenters. The predicted octanol–water partition coefficient (Wildman–Crippen LogP) is 2.06. The van der Waals surface area contributed by atoms with E-state index in [1.54, 1.807) is 19.1 Å². The predicted molar refractivity (Wildman–Crippen MR) is 78.4 cm³/mol. The van der Waals surface area contributed by atoms with E-state index in [9.17, 15) is 14.7 Å². The third kappa shape index (κ3) is 4.04. The molecule has 0 aliphatic carbocycles. The summed E-state index contributed by atoms with van der Waals surface area (Å²) >= 11 is 0. The summed E-state index contributed by atoms with van der Waals surface area (Å²) in [6.07, 6.45) is 7.12. The molecule has 5 nitrogen and oxygen atoms in total. The zero-order chi connectivity index (χ0) is 16.0. The van der Waals surface area contributed by atoms with Crippen LogP contribution in [0.25, 0.3) is 0 Å². The number of aliphatic hydroxyl groups excluding tert-OH is 1. The molecule has 1 N–H and O–H groups in total. The number of Topliss-reactive ketones (excluding diaryl/α,β-unsaturated/α-hetero) is 1. The lowest BCUT2D eigenvalue weighted by atomic mass is 9.98. The fraction of sp³-hybridized carbons (Fsp3) is 0.500. The summed E-state index contributed by atoms with van der Waals surface area (Å²) in [5, 5.41) is 9.30. The van der Waals surface area contributed by atoms with Crippen molar-refractivity contribution < 1.29 is 24.2 Å². The third-order valence-electron chi connectivity index (χ3n) is 3.05. The molecule has 0 aromatic rings. The molecular formula is C16H22O5. The van der Waals surface area contributed by atoms with Gasteiger partial charge in [-0.15, -0.1) is 0 Å². The van der Waals surface area contributed by atoms with Crippen molar-refractivity contribution in [3.8, 4) is 0 Å². The van der Waals surface area contributed by atoms with Gasteiger partial charge in [0.15, 0.2) is 17.1 Å². The Morgan fingerprint density at radius 3 is 2.67 bits per heavy atom. The zero-order valence-electron chi connectivity index (χ0n) is 12.9. The Kier molecular flexibility index (Phi) is 5.90. The van der Waals surface area contributed by atoms with Crippen LogP contribution in [-0.4, -0.2) is 35.7 Å². The topological polar surface area (TPSA) is 72.8 Å².